The van der Waals surface area contributed by atoms with Gasteiger partial charge in [-0.15, -0.1) is 12.6 Å². The van der Waals surface area contributed by atoms with Gasteiger partial charge < -0.3 is 5.11 Å². The fourth-order valence-corrected chi connectivity index (χ4v) is 1.17. The van der Waals surface area contributed by atoms with E-state index in [1.807, 2.05) is 0 Å². The predicted octanol–water partition coefficient (Wildman–Crippen LogP) is 0.715. The average molecular weight is 172 g/mol. The number of aromatic carboxylic acids is 1. The van der Waals surface area contributed by atoms with Gasteiger partial charge in [-0.3, -0.25) is 4.68 Å². The Morgan fingerprint density at radius 1 is 1.73 bits per heavy atom. The average Bonchev–Trinajstić information content (AvgIpc) is 2.07. The first-order valence-corrected chi connectivity index (χ1v) is 3.44. The molecule has 60 valence electrons. The maximum atomic E-state index is 10.5. The summed E-state index contributed by atoms with van der Waals surface area (Å²) < 4.78 is 1.31. The Kier molecular flexibility index (Phi) is 1.90. The molecule has 0 aliphatic heterocycles. The first-order chi connectivity index (χ1) is 5.04. The van der Waals surface area contributed by atoms with Crippen LogP contribution in [0, 0.1) is 6.92 Å². The van der Waals surface area contributed by atoms with E-state index in [-0.39, 0.29) is 5.69 Å². The highest BCUT2D eigenvalue weighted by Gasteiger charge is 2.15. The minimum absolute atomic E-state index is 0.130. The van der Waals surface area contributed by atoms with Crippen LogP contribution in [0.15, 0.2) is 4.90 Å². The molecule has 11 heavy (non-hydrogen) atoms. The molecule has 0 amide bonds. The Labute approximate surface area is 69.2 Å². The first-order valence-electron chi connectivity index (χ1n) is 3.00. The van der Waals surface area contributed by atoms with E-state index in [1.54, 1.807) is 14.0 Å². The topological polar surface area (TPSA) is 55.1 Å². The van der Waals surface area contributed by atoms with Gasteiger partial charge in [-0.05, 0) is 6.92 Å². The monoisotopic (exact) mass is 172 g/mol. The summed E-state index contributed by atoms with van der Waals surface area (Å²) in [5.74, 6) is -1.00. The molecule has 0 aliphatic rings. The van der Waals surface area contributed by atoms with Crippen molar-refractivity contribution in [2.75, 3.05) is 0 Å². The number of carboxylic acids is 1. The largest absolute Gasteiger partial charge is 0.476 e. The highest BCUT2D eigenvalue weighted by Crippen LogP contribution is 2.16. The van der Waals surface area contributed by atoms with Crippen molar-refractivity contribution in [3.05, 3.63) is 11.4 Å². The summed E-state index contributed by atoms with van der Waals surface area (Å²) in [6.07, 6.45) is 0. The van der Waals surface area contributed by atoms with Crippen LogP contribution in [0.5, 0.6) is 0 Å². The highest BCUT2D eigenvalue weighted by atomic mass is 32.1. The molecule has 0 fully saturated rings. The van der Waals surface area contributed by atoms with Gasteiger partial charge in [0.05, 0.1) is 10.6 Å². The van der Waals surface area contributed by atoms with Crippen molar-refractivity contribution in [3.8, 4) is 0 Å². The van der Waals surface area contributed by atoms with Crippen molar-refractivity contribution in [1.29, 1.82) is 0 Å². The van der Waals surface area contributed by atoms with Crippen LogP contribution in [0.25, 0.3) is 0 Å². The van der Waals surface area contributed by atoms with Crippen LogP contribution in [0.3, 0.4) is 0 Å². The molecule has 0 aliphatic carbocycles. The molecule has 1 aromatic rings. The number of carbonyl (C=O) groups is 1. The summed E-state index contributed by atoms with van der Waals surface area (Å²) in [5.41, 5.74) is 0.763. The van der Waals surface area contributed by atoms with E-state index in [4.69, 9.17) is 5.11 Å². The predicted molar refractivity (Wildman–Crippen MR) is 42.2 cm³/mol. The number of rotatable bonds is 1. The molecule has 1 N–H and O–H groups in total. The molecule has 0 unspecified atom stereocenters. The van der Waals surface area contributed by atoms with Crippen LogP contribution in [-0.4, -0.2) is 20.9 Å². The molecule has 0 saturated heterocycles. The lowest BCUT2D eigenvalue weighted by molar-refractivity contribution is 0.0681. The molecule has 0 bridgehead atoms. The van der Waals surface area contributed by atoms with Crippen molar-refractivity contribution < 1.29 is 9.90 Å². The summed E-state index contributed by atoms with van der Waals surface area (Å²) in [4.78, 5) is 11.0. The molecule has 0 atom stereocenters. The van der Waals surface area contributed by atoms with Gasteiger partial charge in [-0.2, -0.15) is 5.10 Å². The molecular weight excluding hydrogens is 164 g/mol. The number of hydrogen-bond donors (Lipinski definition) is 2. The zero-order valence-electron chi connectivity index (χ0n) is 6.20. The third-order valence-electron chi connectivity index (χ3n) is 1.39. The maximum Gasteiger partial charge on any atom is 0.355 e. The number of carboxylic acid groups (broad SMARTS) is 1. The molecule has 0 saturated carbocycles. The minimum Gasteiger partial charge on any atom is -0.476 e. The molecule has 4 nitrogen and oxygen atoms in total. The summed E-state index contributed by atoms with van der Waals surface area (Å²) in [5, 5.41) is 12.5. The van der Waals surface area contributed by atoms with Gasteiger partial charge in [0, 0.05) is 7.05 Å². The lowest BCUT2D eigenvalue weighted by Crippen LogP contribution is -2.05. The maximum absolute atomic E-state index is 10.5. The number of aromatic nitrogens is 2. The van der Waals surface area contributed by atoms with Crippen molar-refractivity contribution in [2.45, 2.75) is 11.8 Å². The van der Waals surface area contributed by atoms with Gasteiger partial charge >= 0.3 is 5.97 Å². The van der Waals surface area contributed by atoms with E-state index in [2.05, 4.69) is 17.7 Å². The van der Waals surface area contributed by atoms with Crippen LogP contribution in [-0.2, 0) is 7.05 Å². The molecule has 0 aromatic carbocycles. The van der Waals surface area contributed by atoms with Gasteiger partial charge in [0.1, 0.15) is 0 Å². The van der Waals surface area contributed by atoms with E-state index in [0.29, 0.717) is 10.6 Å². The number of nitrogens with zero attached hydrogens (tertiary/aromatic N) is 2. The third kappa shape index (κ3) is 1.23. The minimum atomic E-state index is -1.00. The van der Waals surface area contributed by atoms with E-state index < -0.39 is 5.97 Å². The van der Waals surface area contributed by atoms with Gasteiger partial charge in [0.25, 0.3) is 0 Å². The van der Waals surface area contributed by atoms with Crippen LogP contribution in [0.1, 0.15) is 16.2 Å². The molecule has 0 radical (unpaired) electrons. The third-order valence-corrected chi connectivity index (χ3v) is 1.93. The first kappa shape index (κ1) is 8.13. The van der Waals surface area contributed by atoms with Crippen molar-refractivity contribution in [1.82, 2.24) is 9.78 Å². The molecule has 0 spiro atoms. The second-order valence-corrected chi connectivity index (χ2v) is 2.66. The van der Waals surface area contributed by atoms with Crippen LogP contribution < -0.4 is 0 Å². The van der Waals surface area contributed by atoms with Gasteiger partial charge in [0.2, 0.25) is 0 Å². The van der Waals surface area contributed by atoms with E-state index in [9.17, 15) is 4.79 Å². The van der Waals surface area contributed by atoms with Crippen molar-refractivity contribution in [2.24, 2.45) is 7.05 Å². The fraction of sp³-hybridized carbons (Fsp3) is 0.333. The summed E-state index contributed by atoms with van der Waals surface area (Å²) in [7, 11) is 1.58. The Morgan fingerprint density at radius 3 is 2.45 bits per heavy atom. The Morgan fingerprint density at radius 2 is 2.27 bits per heavy atom. The lowest BCUT2D eigenvalue weighted by Gasteiger charge is -1.93. The molecule has 1 rings (SSSR count). The fourth-order valence-electron chi connectivity index (χ4n) is 0.887. The standard InChI is InChI=1S/C6H8N2O2S/c1-3-5(11)4(6(9)10)8(2)7-3/h11H,1-2H3,(H,9,10). The van der Waals surface area contributed by atoms with E-state index >= 15 is 0 Å². The Hall–Kier alpha value is -0.970. The highest BCUT2D eigenvalue weighted by molar-refractivity contribution is 7.80. The van der Waals surface area contributed by atoms with Crippen LogP contribution in [0.4, 0.5) is 0 Å². The summed E-state index contributed by atoms with van der Waals surface area (Å²) in [6, 6.07) is 0. The normalized spacial score (nSPS) is 10.1. The smallest absolute Gasteiger partial charge is 0.355 e. The SMILES string of the molecule is Cc1nn(C)c(C(=O)O)c1S. The molecule has 1 aromatic heterocycles. The molecular formula is C6H8N2O2S. The second kappa shape index (κ2) is 2.58. The number of aryl methyl sites for hydroxylation is 2. The van der Waals surface area contributed by atoms with E-state index in [1.165, 1.54) is 4.68 Å². The Balaban J connectivity index is 3.34. The lowest BCUT2D eigenvalue weighted by atomic mass is 10.4. The number of thiol groups is 1. The van der Waals surface area contributed by atoms with Crippen molar-refractivity contribution >= 4 is 18.6 Å². The zero-order chi connectivity index (χ0) is 8.59. The number of hydrogen-bond acceptors (Lipinski definition) is 3. The van der Waals surface area contributed by atoms with Crippen molar-refractivity contribution in [3.63, 3.8) is 0 Å². The van der Waals surface area contributed by atoms with Gasteiger partial charge in [-0.1, -0.05) is 0 Å². The summed E-state index contributed by atoms with van der Waals surface area (Å²) in [6.45, 7) is 1.72. The molecule has 5 heteroatoms. The molecule has 1 heterocycles. The Bertz CT molecular complexity index is 306. The van der Waals surface area contributed by atoms with Gasteiger partial charge in [-0.25, -0.2) is 4.79 Å². The second-order valence-electron chi connectivity index (χ2n) is 2.21. The van der Waals surface area contributed by atoms with Gasteiger partial charge in [0.15, 0.2) is 5.69 Å². The van der Waals surface area contributed by atoms with Crippen LogP contribution >= 0.6 is 12.6 Å². The van der Waals surface area contributed by atoms with E-state index in [0.717, 1.165) is 0 Å². The zero-order valence-corrected chi connectivity index (χ0v) is 7.09. The quantitative estimate of drug-likeness (QED) is 0.613. The summed E-state index contributed by atoms with van der Waals surface area (Å²) >= 11 is 4.01. The van der Waals surface area contributed by atoms with Crippen LogP contribution in [0.2, 0.25) is 0 Å².